The Morgan fingerprint density at radius 3 is 2.46 bits per heavy atom. The molecule has 2 rings (SSSR count). The number of hydrogen-bond acceptors (Lipinski definition) is 2. The zero-order valence-corrected chi connectivity index (χ0v) is 17.9. The van der Waals surface area contributed by atoms with Crippen LogP contribution >= 0.6 is 24.0 Å². The Bertz CT molecular complexity index is 661. The lowest BCUT2D eigenvalue weighted by atomic mass is 10.1. The lowest BCUT2D eigenvalue weighted by Gasteiger charge is -2.18. The maximum absolute atomic E-state index is 9.52. The summed E-state index contributed by atoms with van der Waals surface area (Å²) in [5.41, 5.74) is 2.46. The molecular weight excluding hydrogens is 437 g/mol. The van der Waals surface area contributed by atoms with Crippen LogP contribution in [0.1, 0.15) is 31.4 Å². The van der Waals surface area contributed by atoms with Crippen molar-refractivity contribution in [2.45, 2.75) is 39.2 Å². The van der Waals surface area contributed by atoms with E-state index in [9.17, 15) is 5.11 Å². The molecule has 4 nitrogen and oxygen atoms in total. The lowest BCUT2D eigenvalue weighted by molar-refractivity contribution is 0.474. The average molecular weight is 467 g/mol. The van der Waals surface area contributed by atoms with Crippen molar-refractivity contribution in [2.75, 3.05) is 13.1 Å². The molecule has 0 saturated heterocycles. The number of aliphatic imine (C=N–C) groups is 1. The van der Waals surface area contributed by atoms with Crippen molar-refractivity contribution in [3.8, 4) is 5.75 Å². The normalized spacial score (nSPS) is 12.2. The maximum Gasteiger partial charge on any atom is 0.191 e. The van der Waals surface area contributed by atoms with Crippen molar-refractivity contribution in [1.82, 2.24) is 10.6 Å². The molecule has 26 heavy (non-hydrogen) atoms. The van der Waals surface area contributed by atoms with Gasteiger partial charge in [-0.05, 0) is 56.4 Å². The van der Waals surface area contributed by atoms with Gasteiger partial charge in [0.2, 0.25) is 0 Å². The summed E-state index contributed by atoms with van der Waals surface area (Å²) in [7, 11) is 0. The van der Waals surface area contributed by atoms with Gasteiger partial charge in [0, 0.05) is 19.1 Å². The Labute approximate surface area is 174 Å². The van der Waals surface area contributed by atoms with Crippen LogP contribution in [0, 0.1) is 0 Å². The SMILES string of the molecule is CCNC(=NCCc1cccc(O)c1)NC(C)CCc1ccccc1.I. The van der Waals surface area contributed by atoms with Gasteiger partial charge in [-0.15, -0.1) is 24.0 Å². The maximum atomic E-state index is 9.52. The van der Waals surface area contributed by atoms with Crippen LogP contribution < -0.4 is 10.6 Å². The molecule has 142 valence electrons. The minimum Gasteiger partial charge on any atom is -0.508 e. The van der Waals surface area contributed by atoms with E-state index in [4.69, 9.17) is 0 Å². The Hall–Kier alpha value is -1.76. The fourth-order valence-corrected chi connectivity index (χ4v) is 2.66. The minimum atomic E-state index is 0. The van der Waals surface area contributed by atoms with Gasteiger partial charge in [-0.2, -0.15) is 0 Å². The molecule has 5 heteroatoms. The molecule has 0 aromatic heterocycles. The number of rotatable bonds is 8. The largest absolute Gasteiger partial charge is 0.508 e. The first-order valence-electron chi connectivity index (χ1n) is 9.04. The Morgan fingerprint density at radius 2 is 1.77 bits per heavy atom. The molecule has 1 unspecified atom stereocenters. The van der Waals surface area contributed by atoms with E-state index >= 15 is 0 Å². The van der Waals surface area contributed by atoms with Gasteiger partial charge in [0.25, 0.3) is 0 Å². The van der Waals surface area contributed by atoms with E-state index in [1.807, 2.05) is 18.2 Å². The summed E-state index contributed by atoms with van der Waals surface area (Å²) in [5, 5.41) is 16.3. The molecular formula is C21H30IN3O. The monoisotopic (exact) mass is 467 g/mol. The highest BCUT2D eigenvalue weighted by Gasteiger charge is 2.05. The van der Waals surface area contributed by atoms with E-state index in [2.05, 4.69) is 53.7 Å². The molecule has 0 bridgehead atoms. The van der Waals surface area contributed by atoms with Gasteiger partial charge in [-0.3, -0.25) is 4.99 Å². The van der Waals surface area contributed by atoms with E-state index in [0.29, 0.717) is 18.3 Å². The summed E-state index contributed by atoms with van der Waals surface area (Å²) >= 11 is 0. The molecule has 0 fully saturated rings. The highest BCUT2D eigenvalue weighted by molar-refractivity contribution is 14.0. The van der Waals surface area contributed by atoms with Crippen molar-refractivity contribution < 1.29 is 5.11 Å². The topological polar surface area (TPSA) is 56.7 Å². The zero-order valence-electron chi connectivity index (χ0n) is 15.6. The summed E-state index contributed by atoms with van der Waals surface area (Å²) in [4.78, 5) is 4.65. The van der Waals surface area contributed by atoms with E-state index < -0.39 is 0 Å². The molecule has 0 aliphatic rings. The van der Waals surface area contributed by atoms with Crippen LogP contribution in [0.2, 0.25) is 0 Å². The minimum absolute atomic E-state index is 0. The average Bonchev–Trinajstić information content (AvgIpc) is 2.61. The van der Waals surface area contributed by atoms with Crippen LogP contribution in [-0.2, 0) is 12.8 Å². The highest BCUT2D eigenvalue weighted by atomic mass is 127. The first-order chi connectivity index (χ1) is 12.2. The second-order valence-corrected chi connectivity index (χ2v) is 6.25. The highest BCUT2D eigenvalue weighted by Crippen LogP contribution is 2.11. The quantitative estimate of drug-likeness (QED) is 0.311. The zero-order chi connectivity index (χ0) is 17.9. The summed E-state index contributed by atoms with van der Waals surface area (Å²) in [5.74, 6) is 1.16. The molecule has 2 aromatic carbocycles. The Morgan fingerprint density at radius 1 is 1.04 bits per heavy atom. The number of benzene rings is 2. The molecule has 0 saturated carbocycles. The number of nitrogens with one attached hydrogen (secondary N) is 2. The van der Waals surface area contributed by atoms with Crippen molar-refractivity contribution in [1.29, 1.82) is 0 Å². The molecule has 3 N–H and O–H groups in total. The van der Waals surface area contributed by atoms with Crippen molar-refractivity contribution in [2.24, 2.45) is 4.99 Å². The Kier molecular flexibility index (Phi) is 10.8. The number of phenols is 1. The predicted octanol–water partition coefficient (Wildman–Crippen LogP) is 4.13. The third kappa shape index (κ3) is 8.56. The van der Waals surface area contributed by atoms with Gasteiger partial charge in [0.1, 0.15) is 5.75 Å². The van der Waals surface area contributed by atoms with E-state index in [1.165, 1.54) is 5.56 Å². The van der Waals surface area contributed by atoms with Crippen LogP contribution in [0.25, 0.3) is 0 Å². The van der Waals surface area contributed by atoms with Gasteiger partial charge < -0.3 is 15.7 Å². The molecule has 0 aliphatic carbocycles. The van der Waals surface area contributed by atoms with Crippen molar-refractivity contribution in [3.63, 3.8) is 0 Å². The number of guanidine groups is 1. The summed E-state index contributed by atoms with van der Waals surface area (Å²) < 4.78 is 0. The van der Waals surface area contributed by atoms with E-state index in [0.717, 1.165) is 37.3 Å². The molecule has 2 aromatic rings. The molecule has 0 amide bonds. The van der Waals surface area contributed by atoms with Crippen LogP contribution in [0.15, 0.2) is 59.6 Å². The third-order valence-corrected chi connectivity index (χ3v) is 4.02. The lowest BCUT2D eigenvalue weighted by Crippen LogP contribution is -2.42. The van der Waals surface area contributed by atoms with Crippen LogP contribution in [0.5, 0.6) is 5.75 Å². The van der Waals surface area contributed by atoms with Gasteiger partial charge >= 0.3 is 0 Å². The number of aryl methyl sites for hydroxylation is 1. The molecule has 1 atom stereocenters. The fourth-order valence-electron chi connectivity index (χ4n) is 2.66. The van der Waals surface area contributed by atoms with Crippen LogP contribution in [0.4, 0.5) is 0 Å². The smallest absolute Gasteiger partial charge is 0.191 e. The second-order valence-electron chi connectivity index (χ2n) is 6.25. The van der Waals surface area contributed by atoms with E-state index in [1.54, 1.807) is 12.1 Å². The number of phenolic OH excluding ortho intramolecular Hbond substituents is 1. The van der Waals surface area contributed by atoms with Crippen LogP contribution in [0.3, 0.4) is 0 Å². The fraction of sp³-hybridized carbons (Fsp3) is 0.381. The third-order valence-electron chi connectivity index (χ3n) is 4.02. The molecule has 0 spiro atoms. The van der Waals surface area contributed by atoms with E-state index in [-0.39, 0.29) is 24.0 Å². The summed E-state index contributed by atoms with van der Waals surface area (Å²) in [6, 6.07) is 18.3. The molecule has 0 heterocycles. The van der Waals surface area contributed by atoms with Gasteiger partial charge in [-0.1, -0.05) is 42.5 Å². The number of nitrogens with zero attached hydrogens (tertiary/aromatic N) is 1. The number of halogens is 1. The first kappa shape index (κ1) is 22.3. The first-order valence-corrected chi connectivity index (χ1v) is 9.04. The Balaban J connectivity index is 0.00000338. The molecule has 0 radical (unpaired) electrons. The molecule has 0 aliphatic heterocycles. The van der Waals surface area contributed by atoms with Gasteiger partial charge in [0.05, 0.1) is 0 Å². The second kappa shape index (κ2) is 12.6. The van der Waals surface area contributed by atoms with Gasteiger partial charge in [-0.25, -0.2) is 0 Å². The van der Waals surface area contributed by atoms with Crippen molar-refractivity contribution >= 4 is 29.9 Å². The van der Waals surface area contributed by atoms with Crippen LogP contribution in [-0.4, -0.2) is 30.2 Å². The summed E-state index contributed by atoms with van der Waals surface area (Å²) in [6.07, 6.45) is 2.92. The van der Waals surface area contributed by atoms with Gasteiger partial charge in [0.15, 0.2) is 5.96 Å². The summed E-state index contributed by atoms with van der Waals surface area (Å²) in [6.45, 7) is 5.78. The van der Waals surface area contributed by atoms with Crippen molar-refractivity contribution in [3.05, 3.63) is 65.7 Å². The number of aromatic hydroxyl groups is 1. The standard InChI is InChI=1S/C21H29N3O.HI/c1-3-22-21(23-15-14-19-10-7-11-20(25)16-19)24-17(2)12-13-18-8-5-4-6-9-18;/h4-11,16-17,25H,3,12-15H2,1-2H3,(H2,22,23,24);1H. The number of hydrogen-bond donors (Lipinski definition) is 3. The predicted molar refractivity (Wildman–Crippen MR) is 121 cm³/mol.